The van der Waals surface area contributed by atoms with Gasteiger partial charge < -0.3 is 4.90 Å². The van der Waals surface area contributed by atoms with Gasteiger partial charge >= 0.3 is 0 Å². The number of hydrogen-bond donors (Lipinski definition) is 0. The Bertz CT molecular complexity index is 950. The van der Waals surface area contributed by atoms with Gasteiger partial charge in [0.15, 0.2) is 0 Å². The Morgan fingerprint density at radius 3 is 1.90 bits per heavy atom. The van der Waals surface area contributed by atoms with E-state index in [-0.39, 0.29) is 17.6 Å². The van der Waals surface area contributed by atoms with Crippen molar-refractivity contribution in [1.29, 1.82) is 0 Å². The summed E-state index contributed by atoms with van der Waals surface area (Å²) in [5.41, 5.74) is 2.10. The minimum absolute atomic E-state index is 0.0236. The van der Waals surface area contributed by atoms with E-state index in [0.717, 1.165) is 38.3 Å². The third-order valence-corrected chi connectivity index (χ3v) is 8.17. The van der Waals surface area contributed by atoms with Gasteiger partial charge in [0.1, 0.15) is 0 Å². The maximum absolute atomic E-state index is 13.0. The molecule has 4 rings (SSSR count). The third-order valence-electron chi connectivity index (χ3n) is 6.32. The van der Waals surface area contributed by atoms with Crippen LogP contribution >= 0.6 is 0 Å². The van der Waals surface area contributed by atoms with Crippen molar-refractivity contribution in [2.75, 3.05) is 39.3 Å². The zero-order valence-electron chi connectivity index (χ0n) is 17.9. The van der Waals surface area contributed by atoms with E-state index in [0.29, 0.717) is 25.9 Å². The second-order valence-electron chi connectivity index (χ2n) is 8.50. The number of piperidine rings is 1. The number of hydrogen-bond acceptors (Lipinski definition) is 4. The largest absolute Gasteiger partial charge is 0.340 e. The van der Waals surface area contributed by atoms with Crippen molar-refractivity contribution >= 4 is 15.9 Å². The number of piperazine rings is 1. The molecule has 166 valence electrons. The first-order valence-corrected chi connectivity index (χ1v) is 12.7. The predicted molar refractivity (Wildman–Crippen MR) is 122 cm³/mol. The van der Waals surface area contributed by atoms with Gasteiger partial charge in [-0.05, 0) is 24.0 Å². The van der Waals surface area contributed by atoms with E-state index in [9.17, 15) is 13.2 Å². The highest BCUT2D eigenvalue weighted by molar-refractivity contribution is 7.88. The van der Waals surface area contributed by atoms with Gasteiger partial charge in [0.05, 0.1) is 5.75 Å². The van der Waals surface area contributed by atoms with Crippen molar-refractivity contribution in [2.45, 2.75) is 25.1 Å². The van der Waals surface area contributed by atoms with Crippen molar-refractivity contribution < 1.29 is 13.2 Å². The van der Waals surface area contributed by atoms with Gasteiger partial charge in [-0.1, -0.05) is 60.7 Å². The number of nitrogens with zero attached hydrogens (tertiary/aromatic N) is 3. The minimum Gasteiger partial charge on any atom is -0.340 e. The molecule has 0 spiro atoms. The molecule has 2 aromatic carbocycles. The van der Waals surface area contributed by atoms with E-state index >= 15 is 0 Å². The molecule has 0 aliphatic carbocycles. The van der Waals surface area contributed by atoms with Crippen LogP contribution in [0.4, 0.5) is 0 Å². The SMILES string of the molecule is O=C(C1CCN(S(=O)(=O)Cc2ccccc2)CC1)N1CCN(Cc2ccccc2)CC1. The van der Waals surface area contributed by atoms with Crippen LogP contribution in [0.25, 0.3) is 0 Å². The van der Waals surface area contributed by atoms with Crippen molar-refractivity contribution in [3.63, 3.8) is 0 Å². The van der Waals surface area contributed by atoms with Crippen LogP contribution in [0.2, 0.25) is 0 Å². The van der Waals surface area contributed by atoms with E-state index < -0.39 is 10.0 Å². The third kappa shape index (κ3) is 5.73. The monoisotopic (exact) mass is 441 g/mol. The molecule has 6 nitrogen and oxygen atoms in total. The fourth-order valence-corrected chi connectivity index (χ4v) is 6.05. The summed E-state index contributed by atoms with van der Waals surface area (Å²) in [5, 5.41) is 0. The van der Waals surface area contributed by atoms with Crippen molar-refractivity contribution in [3.8, 4) is 0 Å². The molecule has 0 radical (unpaired) electrons. The van der Waals surface area contributed by atoms with Crippen LogP contribution in [-0.2, 0) is 27.1 Å². The summed E-state index contributed by atoms with van der Waals surface area (Å²) in [6, 6.07) is 19.7. The Hall–Kier alpha value is -2.22. The van der Waals surface area contributed by atoms with Gasteiger partial charge in [-0.2, -0.15) is 0 Å². The number of benzene rings is 2. The molecule has 0 atom stereocenters. The molecule has 2 aliphatic rings. The molecule has 2 aromatic rings. The fraction of sp³-hybridized carbons (Fsp3) is 0.458. The van der Waals surface area contributed by atoms with Crippen LogP contribution in [0.1, 0.15) is 24.0 Å². The van der Waals surface area contributed by atoms with Crippen molar-refractivity contribution in [2.24, 2.45) is 5.92 Å². The molecule has 2 fully saturated rings. The molecule has 0 saturated carbocycles. The number of rotatable bonds is 6. The number of sulfonamides is 1. The molecule has 2 aliphatic heterocycles. The first-order chi connectivity index (χ1) is 15.0. The van der Waals surface area contributed by atoms with Crippen LogP contribution in [0, 0.1) is 5.92 Å². The molecule has 0 aromatic heterocycles. The normalized spacial score (nSPS) is 19.4. The van der Waals surface area contributed by atoms with Crippen molar-refractivity contribution in [3.05, 3.63) is 71.8 Å². The summed E-state index contributed by atoms with van der Waals surface area (Å²) in [6.07, 6.45) is 1.22. The first-order valence-electron chi connectivity index (χ1n) is 11.1. The second kappa shape index (κ2) is 9.94. The van der Waals surface area contributed by atoms with E-state index in [1.807, 2.05) is 41.3 Å². The first kappa shape index (κ1) is 22.0. The molecule has 7 heteroatoms. The molecular formula is C24H31N3O3S. The Morgan fingerprint density at radius 2 is 1.32 bits per heavy atom. The minimum atomic E-state index is -3.35. The molecule has 31 heavy (non-hydrogen) atoms. The lowest BCUT2D eigenvalue weighted by Crippen LogP contribution is -2.51. The standard InChI is InChI=1S/C24H31N3O3S/c28-24(26-17-15-25(16-18-26)19-21-7-3-1-4-8-21)23-11-13-27(14-12-23)31(29,30)20-22-9-5-2-6-10-22/h1-10,23H,11-20H2. The van der Waals surface area contributed by atoms with Gasteiger partial charge in [0, 0.05) is 51.7 Å². The smallest absolute Gasteiger partial charge is 0.225 e. The average molecular weight is 442 g/mol. The topological polar surface area (TPSA) is 60.9 Å². The average Bonchev–Trinajstić information content (AvgIpc) is 2.80. The summed E-state index contributed by atoms with van der Waals surface area (Å²) in [5.74, 6) is 0.152. The Kier molecular flexibility index (Phi) is 7.05. The van der Waals surface area contributed by atoms with Crippen LogP contribution in [0.15, 0.2) is 60.7 Å². The molecular weight excluding hydrogens is 410 g/mol. The highest BCUT2D eigenvalue weighted by Crippen LogP contribution is 2.24. The summed E-state index contributed by atoms with van der Waals surface area (Å²) in [6.45, 7) is 5.03. The number of carbonyl (C=O) groups excluding carboxylic acids is 1. The number of carbonyl (C=O) groups is 1. The maximum Gasteiger partial charge on any atom is 0.225 e. The highest BCUT2D eigenvalue weighted by atomic mass is 32.2. The van der Waals surface area contributed by atoms with E-state index in [1.54, 1.807) is 4.31 Å². The highest BCUT2D eigenvalue weighted by Gasteiger charge is 2.34. The van der Waals surface area contributed by atoms with E-state index in [4.69, 9.17) is 0 Å². The summed E-state index contributed by atoms with van der Waals surface area (Å²) < 4.78 is 27.0. The summed E-state index contributed by atoms with van der Waals surface area (Å²) in [4.78, 5) is 17.4. The van der Waals surface area contributed by atoms with Gasteiger partial charge in [0.2, 0.25) is 15.9 Å². The van der Waals surface area contributed by atoms with Gasteiger partial charge in [-0.25, -0.2) is 12.7 Å². The van der Waals surface area contributed by atoms with Crippen LogP contribution in [-0.4, -0.2) is 67.7 Å². The van der Waals surface area contributed by atoms with Crippen LogP contribution in [0.3, 0.4) is 0 Å². The van der Waals surface area contributed by atoms with Gasteiger partial charge in [0.25, 0.3) is 0 Å². The lowest BCUT2D eigenvalue weighted by Gasteiger charge is -2.38. The quantitative estimate of drug-likeness (QED) is 0.691. The summed E-state index contributed by atoms with van der Waals surface area (Å²) >= 11 is 0. The van der Waals surface area contributed by atoms with Gasteiger partial charge in [-0.3, -0.25) is 9.69 Å². The summed E-state index contributed by atoms with van der Waals surface area (Å²) in [7, 11) is -3.35. The Labute approximate surface area is 185 Å². The van der Waals surface area contributed by atoms with Crippen LogP contribution in [0.5, 0.6) is 0 Å². The molecule has 0 unspecified atom stereocenters. The van der Waals surface area contributed by atoms with Crippen LogP contribution < -0.4 is 0 Å². The van der Waals surface area contributed by atoms with Gasteiger partial charge in [-0.15, -0.1) is 0 Å². The zero-order valence-corrected chi connectivity index (χ0v) is 18.7. The molecule has 0 N–H and O–H groups in total. The molecule has 2 heterocycles. The second-order valence-corrected chi connectivity index (χ2v) is 10.5. The van der Waals surface area contributed by atoms with Crippen molar-refractivity contribution in [1.82, 2.24) is 14.1 Å². The molecule has 1 amide bonds. The predicted octanol–water partition coefficient (Wildman–Crippen LogP) is 2.57. The lowest BCUT2D eigenvalue weighted by atomic mass is 9.96. The molecule has 2 saturated heterocycles. The van der Waals surface area contributed by atoms with E-state index in [1.165, 1.54) is 5.56 Å². The van der Waals surface area contributed by atoms with E-state index in [2.05, 4.69) is 29.2 Å². The Morgan fingerprint density at radius 1 is 0.774 bits per heavy atom. The maximum atomic E-state index is 13.0. The lowest BCUT2D eigenvalue weighted by molar-refractivity contribution is -0.138. The molecule has 0 bridgehead atoms. The zero-order chi connectivity index (χ0) is 21.7. The Balaban J connectivity index is 1.24. The number of amides is 1. The fourth-order valence-electron chi connectivity index (χ4n) is 4.48.